The molecule has 0 aliphatic heterocycles. The van der Waals surface area contributed by atoms with Crippen LogP contribution in [0.5, 0.6) is 0 Å². The van der Waals surface area contributed by atoms with Crippen molar-refractivity contribution in [3.63, 3.8) is 0 Å². The Bertz CT molecular complexity index is 757. The van der Waals surface area contributed by atoms with Crippen molar-refractivity contribution in [2.75, 3.05) is 12.8 Å². The third kappa shape index (κ3) is 3.01. The first-order valence-corrected chi connectivity index (χ1v) is 7.25. The predicted molar refractivity (Wildman–Crippen MR) is 74.7 cm³/mol. The van der Waals surface area contributed by atoms with Crippen LogP contribution in [0.2, 0.25) is 0 Å². The summed E-state index contributed by atoms with van der Waals surface area (Å²) in [4.78, 5) is 16.5. The highest BCUT2D eigenvalue weighted by Gasteiger charge is 2.26. The van der Waals surface area contributed by atoms with Gasteiger partial charge < -0.3 is 10.7 Å². The molecule has 0 spiro atoms. The first-order chi connectivity index (χ1) is 9.82. The van der Waals surface area contributed by atoms with Gasteiger partial charge in [0.15, 0.2) is 0 Å². The van der Waals surface area contributed by atoms with Crippen LogP contribution in [0.25, 0.3) is 0 Å². The van der Waals surface area contributed by atoms with E-state index in [9.17, 15) is 18.5 Å². The van der Waals surface area contributed by atoms with E-state index in [2.05, 4.69) is 9.97 Å². The number of anilines is 1. The Labute approximate surface area is 120 Å². The van der Waals surface area contributed by atoms with Crippen molar-refractivity contribution >= 4 is 21.4 Å². The van der Waals surface area contributed by atoms with E-state index in [0.29, 0.717) is 5.82 Å². The van der Waals surface area contributed by atoms with Gasteiger partial charge in [0.25, 0.3) is 5.69 Å². The minimum absolute atomic E-state index is 0.00251. The van der Waals surface area contributed by atoms with Gasteiger partial charge in [-0.25, -0.2) is 13.4 Å². The smallest absolute Gasteiger partial charge is 0.270 e. The van der Waals surface area contributed by atoms with Crippen molar-refractivity contribution in [3.05, 3.63) is 46.5 Å². The lowest BCUT2D eigenvalue weighted by molar-refractivity contribution is -0.385. The van der Waals surface area contributed by atoms with E-state index < -0.39 is 14.9 Å². The molecule has 0 unspecified atom stereocenters. The molecular formula is C11H13N5O4S. The van der Waals surface area contributed by atoms with E-state index in [-0.39, 0.29) is 22.8 Å². The SMILES string of the molecule is CN(Cc1ncc[nH]1)S(=O)(=O)c1cc([N+](=O)[O-])ccc1N. The zero-order valence-electron chi connectivity index (χ0n) is 11.1. The van der Waals surface area contributed by atoms with Crippen LogP contribution in [0.3, 0.4) is 0 Å². The fourth-order valence-electron chi connectivity index (χ4n) is 1.71. The monoisotopic (exact) mass is 311 g/mol. The molecule has 112 valence electrons. The molecule has 1 aromatic heterocycles. The maximum Gasteiger partial charge on any atom is 0.270 e. The van der Waals surface area contributed by atoms with Gasteiger partial charge in [0.1, 0.15) is 10.7 Å². The molecule has 0 amide bonds. The lowest BCUT2D eigenvalue weighted by atomic mass is 10.3. The zero-order valence-corrected chi connectivity index (χ0v) is 11.9. The first-order valence-electron chi connectivity index (χ1n) is 5.81. The zero-order chi connectivity index (χ0) is 15.6. The highest BCUT2D eigenvalue weighted by Crippen LogP contribution is 2.26. The summed E-state index contributed by atoms with van der Waals surface area (Å²) in [5, 5.41) is 10.8. The average molecular weight is 311 g/mol. The third-order valence-electron chi connectivity index (χ3n) is 2.82. The number of sulfonamides is 1. The Kier molecular flexibility index (Phi) is 3.91. The molecule has 0 aliphatic rings. The Morgan fingerprint density at radius 2 is 2.19 bits per heavy atom. The molecule has 0 saturated heterocycles. The van der Waals surface area contributed by atoms with Crippen molar-refractivity contribution in [1.29, 1.82) is 0 Å². The van der Waals surface area contributed by atoms with Crippen LogP contribution >= 0.6 is 0 Å². The second kappa shape index (κ2) is 5.50. The molecule has 3 N–H and O–H groups in total. The minimum Gasteiger partial charge on any atom is -0.398 e. The summed E-state index contributed by atoms with van der Waals surface area (Å²) in [6.07, 6.45) is 3.06. The van der Waals surface area contributed by atoms with Crippen LogP contribution in [0.4, 0.5) is 11.4 Å². The van der Waals surface area contributed by atoms with Gasteiger partial charge in [-0.1, -0.05) is 0 Å². The van der Waals surface area contributed by atoms with E-state index in [1.165, 1.54) is 19.3 Å². The van der Waals surface area contributed by atoms with E-state index in [4.69, 9.17) is 5.73 Å². The number of rotatable bonds is 5. The quantitative estimate of drug-likeness (QED) is 0.474. The van der Waals surface area contributed by atoms with Gasteiger partial charge in [-0.05, 0) is 6.07 Å². The Morgan fingerprint density at radius 3 is 2.76 bits per heavy atom. The second-order valence-electron chi connectivity index (χ2n) is 4.28. The maximum absolute atomic E-state index is 12.4. The van der Waals surface area contributed by atoms with Crippen molar-refractivity contribution in [1.82, 2.24) is 14.3 Å². The molecule has 0 atom stereocenters. The highest BCUT2D eigenvalue weighted by atomic mass is 32.2. The molecule has 1 heterocycles. The summed E-state index contributed by atoms with van der Waals surface area (Å²) < 4.78 is 25.9. The molecule has 0 aliphatic carbocycles. The number of hydrogen-bond acceptors (Lipinski definition) is 6. The number of imidazole rings is 1. The number of nitrogens with one attached hydrogen (secondary N) is 1. The Morgan fingerprint density at radius 1 is 1.48 bits per heavy atom. The highest BCUT2D eigenvalue weighted by molar-refractivity contribution is 7.89. The van der Waals surface area contributed by atoms with Crippen molar-refractivity contribution in [2.45, 2.75) is 11.4 Å². The number of nitrogen functional groups attached to an aromatic ring is 1. The number of nitro benzene ring substituents is 1. The van der Waals surface area contributed by atoms with Gasteiger partial charge in [0, 0.05) is 31.6 Å². The van der Waals surface area contributed by atoms with Crippen molar-refractivity contribution in [3.8, 4) is 0 Å². The van der Waals surface area contributed by atoms with Crippen molar-refractivity contribution < 1.29 is 13.3 Å². The summed E-state index contributed by atoms with van der Waals surface area (Å²) in [6, 6.07) is 3.30. The third-order valence-corrected chi connectivity index (χ3v) is 4.68. The van der Waals surface area contributed by atoms with Gasteiger partial charge in [-0.2, -0.15) is 4.31 Å². The number of aromatic nitrogens is 2. The minimum atomic E-state index is -3.96. The van der Waals surface area contributed by atoms with Gasteiger partial charge in [0.2, 0.25) is 10.0 Å². The summed E-state index contributed by atoms with van der Waals surface area (Å²) in [6.45, 7) is -0.00251. The van der Waals surface area contributed by atoms with Crippen molar-refractivity contribution in [2.24, 2.45) is 0 Å². The molecular weight excluding hydrogens is 298 g/mol. The molecule has 0 bridgehead atoms. The molecule has 10 heteroatoms. The molecule has 2 aromatic rings. The molecule has 0 fully saturated rings. The largest absolute Gasteiger partial charge is 0.398 e. The summed E-state index contributed by atoms with van der Waals surface area (Å²) in [7, 11) is -2.61. The molecule has 2 rings (SSSR count). The summed E-state index contributed by atoms with van der Waals surface area (Å²) in [5.74, 6) is 0.449. The van der Waals surface area contributed by atoms with Crippen LogP contribution in [0, 0.1) is 10.1 Å². The molecule has 0 saturated carbocycles. The van der Waals surface area contributed by atoms with Gasteiger partial charge in [-0.3, -0.25) is 10.1 Å². The number of aromatic amines is 1. The van der Waals surface area contributed by atoms with Crippen LogP contribution in [0.15, 0.2) is 35.5 Å². The van der Waals surface area contributed by atoms with Crippen LogP contribution in [0.1, 0.15) is 5.82 Å². The predicted octanol–water partition coefficient (Wildman–Crippen LogP) is 0.721. The van der Waals surface area contributed by atoms with Crippen LogP contribution < -0.4 is 5.73 Å². The Hall–Kier alpha value is -2.46. The van der Waals surface area contributed by atoms with E-state index in [1.807, 2.05) is 0 Å². The summed E-state index contributed by atoms with van der Waals surface area (Å²) >= 11 is 0. The number of hydrogen-bond donors (Lipinski definition) is 2. The average Bonchev–Trinajstić information content (AvgIpc) is 2.91. The van der Waals surface area contributed by atoms with E-state index in [0.717, 1.165) is 16.4 Å². The molecule has 21 heavy (non-hydrogen) atoms. The second-order valence-corrected chi connectivity index (χ2v) is 6.29. The topological polar surface area (TPSA) is 135 Å². The number of nitro groups is 1. The fraction of sp³-hybridized carbons (Fsp3) is 0.182. The number of nitrogens with zero attached hydrogens (tertiary/aromatic N) is 3. The van der Waals surface area contributed by atoms with Gasteiger partial charge in [0.05, 0.1) is 17.2 Å². The first kappa shape index (κ1) is 14.9. The maximum atomic E-state index is 12.4. The normalized spacial score (nSPS) is 11.7. The van der Waals surface area contributed by atoms with Gasteiger partial charge in [-0.15, -0.1) is 0 Å². The number of benzene rings is 1. The lowest BCUT2D eigenvalue weighted by Crippen LogP contribution is -2.27. The number of non-ortho nitro benzene ring substituents is 1. The number of H-pyrrole nitrogens is 1. The number of nitrogens with two attached hydrogens (primary N) is 1. The fourth-order valence-corrected chi connectivity index (χ4v) is 2.97. The molecule has 9 nitrogen and oxygen atoms in total. The van der Waals surface area contributed by atoms with Crippen LogP contribution in [-0.4, -0.2) is 34.7 Å². The van der Waals surface area contributed by atoms with E-state index >= 15 is 0 Å². The standard InChI is InChI=1S/C11H13N5O4S/c1-15(7-11-13-4-5-14-11)21(19,20)10-6-8(16(17)18)2-3-9(10)12/h2-6H,7,12H2,1H3,(H,13,14). The summed E-state index contributed by atoms with van der Waals surface area (Å²) in [5.41, 5.74) is 5.25. The lowest BCUT2D eigenvalue weighted by Gasteiger charge is -2.17. The molecule has 1 aromatic carbocycles. The van der Waals surface area contributed by atoms with E-state index in [1.54, 1.807) is 6.20 Å². The Balaban J connectivity index is 2.38. The molecule has 0 radical (unpaired) electrons. The van der Waals surface area contributed by atoms with Gasteiger partial charge >= 0.3 is 0 Å². The van der Waals surface area contributed by atoms with Crippen LogP contribution in [-0.2, 0) is 16.6 Å².